The maximum atomic E-state index is 12.8. The summed E-state index contributed by atoms with van der Waals surface area (Å²) in [6.07, 6.45) is 7.54. The Morgan fingerprint density at radius 2 is 1.73 bits per heavy atom. The lowest BCUT2D eigenvalue weighted by Gasteiger charge is -2.16. The lowest BCUT2D eigenvalue weighted by Crippen LogP contribution is -2.06. The molecule has 3 rings (SSSR count). The molecule has 0 spiro atoms. The van der Waals surface area contributed by atoms with E-state index in [2.05, 4.69) is 0 Å². The van der Waals surface area contributed by atoms with E-state index in [-0.39, 0.29) is 5.82 Å². The fraction of sp³-hybridized carbons (Fsp3) is 0.211. The second kappa shape index (κ2) is 6.56. The number of carbonyl (C=O) groups is 1. The normalized spacial score (nSPS) is 13.9. The first kappa shape index (κ1) is 14.5. The zero-order chi connectivity index (χ0) is 15.4. The van der Waals surface area contributed by atoms with Crippen LogP contribution in [0.15, 0.2) is 48.5 Å². The van der Waals surface area contributed by atoms with E-state index >= 15 is 0 Å². The van der Waals surface area contributed by atoms with E-state index in [4.69, 9.17) is 4.74 Å². The Labute approximate surface area is 129 Å². The van der Waals surface area contributed by atoms with E-state index in [1.54, 1.807) is 18.2 Å². The van der Waals surface area contributed by atoms with Gasteiger partial charge in [0.25, 0.3) is 0 Å². The Kier molecular flexibility index (Phi) is 4.33. The van der Waals surface area contributed by atoms with Gasteiger partial charge in [-0.25, -0.2) is 9.18 Å². The van der Waals surface area contributed by atoms with Crippen molar-refractivity contribution < 1.29 is 13.9 Å². The lowest BCUT2D eigenvalue weighted by molar-refractivity contribution is -0.128. The number of hydrogen-bond acceptors (Lipinski definition) is 2. The molecule has 0 aromatic heterocycles. The monoisotopic (exact) mass is 296 g/mol. The number of ether oxygens (including phenoxy) is 1. The van der Waals surface area contributed by atoms with Gasteiger partial charge in [0, 0.05) is 6.08 Å². The highest BCUT2D eigenvalue weighted by molar-refractivity contribution is 5.88. The third-order valence-electron chi connectivity index (χ3n) is 3.82. The number of rotatable bonds is 3. The van der Waals surface area contributed by atoms with Crippen LogP contribution in [0.4, 0.5) is 4.39 Å². The molecule has 2 nitrogen and oxygen atoms in total. The molecule has 0 heterocycles. The largest absolute Gasteiger partial charge is 0.423 e. The summed E-state index contributed by atoms with van der Waals surface area (Å²) < 4.78 is 18.1. The Hall–Kier alpha value is -2.42. The minimum Gasteiger partial charge on any atom is -0.423 e. The van der Waals surface area contributed by atoms with E-state index in [1.807, 2.05) is 18.2 Å². The Morgan fingerprint density at radius 1 is 1.00 bits per heavy atom. The second-order valence-electron chi connectivity index (χ2n) is 5.44. The molecular formula is C19H17FO2. The average molecular weight is 296 g/mol. The topological polar surface area (TPSA) is 26.3 Å². The predicted octanol–water partition coefficient (Wildman–Crippen LogP) is 4.32. The maximum absolute atomic E-state index is 12.8. The van der Waals surface area contributed by atoms with Crippen LogP contribution < -0.4 is 4.74 Å². The molecule has 3 heteroatoms. The Balaban J connectivity index is 1.65. The van der Waals surface area contributed by atoms with Crippen LogP contribution >= 0.6 is 0 Å². The molecule has 0 atom stereocenters. The Morgan fingerprint density at radius 3 is 2.50 bits per heavy atom. The molecule has 0 N–H and O–H groups in total. The summed E-state index contributed by atoms with van der Waals surface area (Å²) in [5.41, 5.74) is 3.38. The van der Waals surface area contributed by atoms with Crippen LogP contribution in [0.1, 0.15) is 29.5 Å². The summed E-state index contributed by atoms with van der Waals surface area (Å²) in [7, 11) is 0. The van der Waals surface area contributed by atoms with Crippen molar-refractivity contribution in [2.45, 2.75) is 25.7 Å². The van der Waals surface area contributed by atoms with E-state index in [1.165, 1.54) is 42.2 Å². The second-order valence-corrected chi connectivity index (χ2v) is 5.44. The van der Waals surface area contributed by atoms with Crippen molar-refractivity contribution in [3.05, 3.63) is 71.0 Å². The molecule has 0 unspecified atom stereocenters. The molecule has 0 radical (unpaired) electrons. The summed E-state index contributed by atoms with van der Waals surface area (Å²) >= 11 is 0. The highest BCUT2D eigenvalue weighted by atomic mass is 19.1. The van der Waals surface area contributed by atoms with Gasteiger partial charge in [0.05, 0.1) is 0 Å². The molecule has 0 aliphatic heterocycles. The van der Waals surface area contributed by atoms with E-state index in [9.17, 15) is 9.18 Å². The minimum absolute atomic E-state index is 0.297. The van der Waals surface area contributed by atoms with Gasteiger partial charge in [-0.15, -0.1) is 0 Å². The van der Waals surface area contributed by atoms with Crippen molar-refractivity contribution in [1.29, 1.82) is 0 Å². The van der Waals surface area contributed by atoms with Crippen molar-refractivity contribution in [2.24, 2.45) is 0 Å². The van der Waals surface area contributed by atoms with Gasteiger partial charge in [-0.2, -0.15) is 0 Å². The summed E-state index contributed by atoms with van der Waals surface area (Å²) in [5, 5.41) is 0. The smallest absolute Gasteiger partial charge is 0.336 e. The van der Waals surface area contributed by atoms with Crippen LogP contribution in [-0.4, -0.2) is 5.97 Å². The first-order valence-electron chi connectivity index (χ1n) is 7.48. The summed E-state index contributed by atoms with van der Waals surface area (Å²) in [6, 6.07) is 11.8. The maximum Gasteiger partial charge on any atom is 0.336 e. The lowest BCUT2D eigenvalue weighted by atomic mass is 9.92. The third-order valence-corrected chi connectivity index (χ3v) is 3.82. The number of esters is 1. The first-order valence-corrected chi connectivity index (χ1v) is 7.48. The van der Waals surface area contributed by atoms with Crippen molar-refractivity contribution in [3.63, 3.8) is 0 Å². The SMILES string of the molecule is O=C(/C=C/c1ccc(F)cc1)Oc1ccc2c(c1)CCCC2. The molecule has 0 bridgehead atoms. The van der Waals surface area contributed by atoms with Crippen LogP contribution in [0, 0.1) is 5.82 Å². The van der Waals surface area contributed by atoms with Gasteiger partial charge in [0.1, 0.15) is 11.6 Å². The molecule has 2 aromatic carbocycles. The van der Waals surface area contributed by atoms with Gasteiger partial charge in [-0.3, -0.25) is 0 Å². The molecule has 22 heavy (non-hydrogen) atoms. The van der Waals surface area contributed by atoms with Crippen molar-refractivity contribution >= 4 is 12.0 Å². The molecule has 1 aliphatic carbocycles. The quantitative estimate of drug-likeness (QED) is 0.479. The average Bonchev–Trinajstić information content (AvgIpc) is 2.54. The first-order chi connectivity index (χ1) is 10.7. The van der Waals surface area contributed by atoms with Crippen LogP contribution in [0.3, 0.4) is 0 Å². The van der Waals surface area contributed by atoms with E-state index in [0.717, 1.165) is 18.4 Å². The van der Waals surface area contributed by atoms with Crippen molar-refractivity contribution in [2.75, 3.05) is 0 Å². The van der Waals surface area contributed by atoms with Crippen LogP contribution in [0.25, 0.3) is 6.08 Å². The molecule has 0 fully saturated rings. The number of hydrogen-bond donors (Lipinski definition) is 0. The zero-order valence-corrected chi connectivity index (χ0v) is 12.2. The van der Waals surface area contributed by atoms with Gasteiger partial charge < -0.3 is 4.74 Å². The van der Waals surface area contributed by atoms with Gasteiger partial charge in [-0.05, 0) is 72.7 Å². The molecule has 0 amide bonds. The Bertz CT molecular complexity index is 702. The van der Waals surface area contributed by atoms with Gasteiger partial charge >= 0.3 is 5.97 Å². The predicted molar refractivity (Wildman–Crippen MR) is 84.2 cm³/mol. The number of fused-ring (bicyclic) bond motifs is 1. The molecule has 112 valence electrons. The van der Waals surface area contributed by atoms with Crippen molar-refractivity contribution in [3.8, 4) is 5.75 Å². The molecule has 0 saturated carbocycles. The summed E-state index contributed by atoms with van der Waals surface area (Å²) in [4.78, 5) is 11.8. The molecule has 1 aliphatic rings. The number of carbonyl (C=O) groups excluding carboxylic acids is 1. The fourth-order valence-corrected chi connectivity index (χ4v) is 2.66. The molecular weight excluding hydrogens is 279 g/mol. The van der Waals surface area contributed by atoms with Crippen molar-refractivity contribution in [1.82, 2.24) is 0 Å². The highest BCUT2D eigenvalue weighted by Gasteiger charge is 2.10. The highest BCUT2D eigenvalue weighted by Crippen LogP contribution is 2.25. The van der Waals surface area contributed by atoms with Gasteiger partial charge in [0.15, 0.2) is 0 Å². The number of halogens is 1. The van der Waals surface area contributed by atoms with Gasteiger partial charge in [-0.1, -0.05) is 18.2 Å². The summed E-state index contributed by atoms with van der Waals surface area (Å²) in [6.45, 7) is 0. The standard InChI is InChI=1S/C19H17FO2/c20-17-9-5-14(6-10-17)7-12-19(21)22-18-11-8-15-3-1-2-4-16(15)13-18/h5-13H,1-4H2/b12-7+. The molecule has 0 saturated heterocycles. The fourth-order valence-electron chi connectivity index (χ4n) is 2.66. The zero-order valence-electron chi connectivity index (χ0n) is 12.2. The third kappa shape index (κ3) is 3.61. The van der Waals surface area contributed by atoms with Gasteiger partial charge in [0.2, 0.25) is 0 Å². The number of benzene rings is 2. The molecule has 2 aromatic rings. The minimum atomic E-state index is -0.430. The van der Waals surface area contributed by atoms with Crippen LogP contribution in [0.5, 0.6) is 5.75 Å². The van der Waals surface area contributed by atoms with Crippen LogP contribution in [-0.2, 0) is 17.6 Å². The number of aryl methyl sites for hydroxylation is 2. The van der Waals surface area contributed by atoms with E-state index < -0.39 is 5.97 Å². The van der Waals surface area contributed by atoms with E-state index in [0.29, 0.717) is 5.75 Å². The van der Waals surface area contributed by atoms with Crippen LogP contribution in [0.2, 0.25) is 0 Å². The summed E-state index contributed by atoms with van der Waals surface area (Å²) in [5.74, 6) is -0.150.